The molecule has 4 rings (SSSR count). The minimum absolute atomic E-state index is 0.219. The molecule has 252 valence electrons. The Hall–Kier alpha value is -5.65. The summed E-state index contributed by atoms with van der Waals surface area (Å²) in [4.78, 5) is 66.4. The zero-order valence-corrected chi connectivity index (χ0v) is 26.8. The highest BCUT2D eigenvalue weighted by atomic mass is 16.5. The van der Waals surface area contributed by atoms with E-state index in [9.17, 15) is 29.1 Å². The lowest BCUT2D eigenvalue weighted by Gasteiger charge is -2.19. The Kier molecular flexibility index (Phi) is 13.1. The quantitative estimate of drug-likeness (QED) is 0.0954. The molecule has 0 unspecified atom stereocenters. The molecule has 0 saturated carbocycles. The molecule has 1 aromatic heterocycles. The molecule has 12 heteroatoms. The summed E-state index contributed by atoms with van der Waals surface area (Å²) in [6.45, 7) is 0.601. The van der Waals surface area contributed by atoms with Crippen LogP contribution in [0.15, 0.2) is 85.1 Å². The molecule has 4 amide bonds. The van der Waals surface area contributed by atoms with Crippen molar-refractivity contribution in [3.05, 3.63) is 102 Å². The minimum Gasteiger partial charge on any atom is -0.497 e. The van der Waals surface area contributed by atoms with Crippen molar-refractivity contribution in [1.82, 2.24) is 26.3 Å². The number of H-pyrrole nitrogens is 1. The van der Waals surface area contributed by atoms with Gasteiger partial charge in [0.15, 0.2) is 0 Å². The maximum atomic E-state index is 13.3. The molecular formula is C36H41N5O7. The number of carboxylic acid groups (broad SMARTS) is 1. The number of fused-ring (bicyclic) bond motifs is 1. The lowest BCUT2D eigenvalue weighted by Crippen LogP contribution is -2.49. The van der Waals surface area contributed by atoms with Gasteiger partial charge in [0.25, 0.3) is 0 Å². The van der Waals surface area contributed by atoms with Gasteiger partial charge in [-0.1, -0.05) is 60.7 Å². The fraction of sp³-hybridized carbons (Fsp3) is 0.306. The van der Waals surface area contributed by atoms with Crippen molar-refractivity contribution in [1.29, 1.82) is 0 Å². The first-order chi connectivity index (χ1) is 23.2. The van der Waals surface area contributed by atoms with Crippen LogP contribution in [0.1, 0.15) is 36.0 Å². The number of hydrogen-bond acceptors (Lipinski definition) is 6. The number of nitrogens with one attached hydrogen (secondary N) is 5. The monoisotopic (exact) mass is 655 g/mol. The standard InChI is InChI=1S/C36H41N5O7/c1-48-27-13-11-25(12-14-27)18-20-38-36(47)31(22-34(44)45)41-33(43)16-15-32(42)40-30(21-26-23-39-29-10-6-5-9-28(26)29)35(46)37-19-17-24-7-3-2-4-8-24/h2-14,23,30-31,39H,15-22H2,1H3,(H,37,46)(H,38,47)(H,40,42)(H,41,43)(H,44,45)/t30-,31-/m1/s1. The van der Waals surface area contributed by atoms with Crippen LogP contribution in [0, 0.1) is 0 Å². The van der Waals surface area contributed by atoms with Crippen LogP contribution in [-0.4, -0.2) is 72.0 Å². The van der Waals surface area contributed by atoms with Crippen LogP contribution < -0.4 is 26.0 Å². The van der Waals surface area contributed by atoms with Crippen molar-refractivity contribution in [2.24, 2.45) is 0 Å². The highest BCUT2D eigenvalue weighted by molar-refractivity contribution is 5.93. The first kappa shape index (κ1) is 35.2. The molecule has 0 aliphatic rings. The van der Waals surface area contributed by atoms with Gasteiger partial charge in [-0.3, -0.25) is 24.0 Å². The van der Waals surface area contributed by atoms with Crippen LogP contribution in [0.3, 0.4) is 0 Å². The van der Waals surface area contributed by atoms with Gasteiger partial charge in [-0.15, -0.1) is 0 Å². The summed E-state index contributed by atoms with van der Waals surface area (Å²) in [5.41, 5.74) is 3.75. The summed E-state index contributed by atoms with van der Waals surface area (Å²) in [6, 6.07) is 22.4. The molecule has 0 aliphatic carbocycles. The van der Waals surface area contributed by atoms with Crippen LogP contribution in [0.5, 0.6) is 5.75 Å². The number of carbonyl (C=O) groups is 5. The number of carbonyl (C=O) groups excluding carboxylic acids is 4. The molecule has 6 N–H and O–H groups in total. The van der Waals surface area contributed by atoms with Crippen molar-refractivity contribution in [2.75, 3.05) is 20.2 Å². The van der Waals surface area contributed by atoms with Gasteiger partial charge in [-0.2, -0.15) is 0 Å². The van der Waals surface area contributed by atoms with E-state index >= 15 is 0 Å². The highest BCUT2D eigenvalue weighted by Gasteiger charge is 2.25. The molecule has 0 fully saturated rings. The predicted molar refractivity (Wildman–Crippen MR) is 180 cm³/mol. The number of para-hydroxylation sites is 1. The van der Waals surface area contributed by atoms with E-state index in [2.05, 4.69) is 26.3 Å². The van der Waals surface area contributed by atoms with Gasteiger partial charge in [0.05, 0.1) is 13.5 Å². The fourth-order valence-corrected chi connectivity index (χ4v) is 5.22. The zero-order valence-electron chi connectivity index (χ0n) is 26.8. The second-order valence-electron chi connectivity index (χ2n) is 11.3. The average Bonchev–Trinajstić information content (AvgIpc) is 3.50. The second kappa shape index (κ2) is 17.9. The number of aliphatic carboxylic acids is 1. The van der Waals surface area contributed by atoms with Crippen molar-refractivity contribution >= 4 is 40.5 Å². The number of aromatic amines is 1. The van der Waals surface area contributed by atoms with Gasteiger partial charge in [0, 0.05) is 49.5 Å². The van der Waals surface area contributed by atoms with Crippen LogP contribution in [0.25, 0.3) is 10.9 Å². The first-order valence-corrected chi connectivity index (χ1v) is 15.8. The smallest absolute Gasteiger partial charge is 0.305 e. The molecule has 0 spiro atoms. The molecule has 48 heavy (non-hydrogen) atoms. The Bertz CT molecular complexity index is 1690. The summed E-state index contributed by atoms with van der Waals surface area (Å²) in [6.07, 6.45) is 1.93. The van der Waals surface area contributed by atoms with Crippen molar-refractivity contribution in [2.45, 2.75) is 50.6 Å². The molecule has 3 aromatic carbocycles. The molecule has 0 bridgehead atoms. The van der Waals surface area contributed by atoms with E-state index in [-0.39, 0.29) is 31.7 Å². The van der Waals surface area contributed by atoms with Crippen LogP contribution >= 0.6 is 0 Å². The zero-order chi connectivity index (χ0) is 34.3. The Labute approximate surface area is 278 Å². The average molecular weight is 656 g/mol. The normalized spacial score (nSPS) is 12.0. The van der Waals surface area contributed by atoms with Crippen LogP contribution in [0.2, 0.25) is 0 Å². The van der Waals surface area contributed by atoms with E-state index in [1.807, 2.05) is 66.7 Å². The Morgan fingerprint density at radius 1 is 0.729 bits per heavy atom. The number of hydrogen-bond donors (Lipinski definition) is 6. The van der Waals surface area contributed by atoms with Gasteiger partial charge >= 0.3 is 5.97 Å². The summed E-state index contributed by atoms with van der Waals surface area (Å²) < 4.78 is 5.13. The molecule has 2 atom stereocenters. The maximum Gasteiger partial charge on any atom is 0.305 e. The topological polar surface area (TPSA) is 179 Å². The van der Waals surface area contributed by atoms with Crippen LogP contribution in [-0.2, 0) is 43.2 Å². The number of methoxy groups -OCH3 is 1. The lowest BCUT2D eigenvalue weighted by atomic mass is 10.0. The van der Waals surface area contributed by atoms with E-state index in [1.165, 1.54) is 0 Å². The summed E-state index contributed by atoms with van der Waals surface area (Å²) in [5.74, 6) is -2.76. The Morgan fingerprint density at radius 3 is 1.92 bits per heavy atom. The lowest BCUT2D eigenvalue weighted by molar-refractivity contribution is -0.140. The molecule has 4 aromatic rings. The predicted octanol–water partition coefficient (Wildman–Crippen LogP) is 2.66. The Balaban J connectivity index is 1.30. The second-order valence-corrected chi connectivity index (χ2v) is 11.3. The van der Waals surface area contributed by atoms with E-state index in [0.717, 1.165) is 27.6 Å². The van der Waals surface area contributed by atoms with Gasteiger partial charge in [-0.05, 0) is 47.7 Å². The molecule has 0 aliphatic heterocycles. The number of rotatable bonds is 18. The highest BCUT2D eigenvalue weighted by Crippen LogP contribution is 2.19. The molecule has 12 nitrogen and oxygen atoms in total. The third-order valence-corrected chi connectivity index (χ3v) is 7.79. The third kappa shape index (κ3) is 11.0. The van der Waals surface area contributed by atoms with Gasteiger partial charge in [0.1, 0.15) is 17.8 Å². The summed E-state index contributed by atoms with van der Waals surface area (Å²) in [5, 5.41) is 21.0. The van der Waals surface area contributed by atoms with Crippen molar-refractivity contribution in [3.63, 3.8) is 0 Å². The number of ether oxygens (including phenoxy) is 1. The fourth-order valence-electron chi connectivity index (χ4n) is 5.22. The number of benzene rings is 3. The van der Waals surface area contributed by atoms with Crippen molar-refractivity contribution in [3.8, 4) is 5.75 Å². The number of aromatic nitrogens is 1. The Morgan fingerprint density at radius 2 is 1.29 bits per heavy atom. The molecular weight excluding hydrogens is 614 g/mol. The minimum atomic E-state index is -1.32. The van der Waals surface area contributed by atoms with E-state index in [0.29, 0.717) is 25.1 Å². The van der Waals surface area contributed by atoms with E-state index in [4.69, 9.17) is 4.74 Å². The van der Waals surface area contributed by atoms with E-state index in [1.54, 1.807) is 25.4 Å². The number of carboxylic acids is 1. The van der Waals surface area contributed by atoms with Crippen molar-refractivity contribution < 1.29 is 33.8 Å². The largest absolute Gasteiger partial charge is 0.497 e. The SMILES string of the molecule is COc1ccc(CCNC(=O)[C@@H](CC(=O)O)NC(=O)CCC(=O)N[C@H](Cc2c[nH]c3ccccc23)C(=O)NCCc2ccccc2)cc1. The molecule has 0 radical (unpaired) electrons. The molecule has 1 heterocycles. The van der Waals surface area contributed by atoms with E-state index < -0.39 is 42.2 Å². The van der Waals surface area contributed by atoms with Gasteiger partial charge in [0.2, 0.25) is 23.6 Å². The van der Waals surface area contributed by atoms with Crippen LogP contribution in [0.4, 0.5) is 0 Å². The van der Waals surface area contributed by atoms with Gasteiger partial charge in [-0.25, -0.2) is 0 Å². The number of amides is 4. The maximum absolute atomic E-state index is 13.3. The first-order valence-electron chi connectivity index (χ1n) is 15.8. The summed E-state index contributed by atoms with van der Waals surface area (Å²) >= 11 is 0. The summed E-state index contributed by atoms with van der Waals surface area (Å²) in [7, 11) is 1.56. The molecule has 0 saturated heterocycles. The third-order valence-electron chi connectivity index (χ3n) is 7.79. The van der Waals surface area contributed by atoms with Gasteiger partial charge < -0.3 is 36.1 Å².